The molecule has 0 unspecified atom stereocenters. The van der Waals surface area contributed by atoms with Crippen LogP contribution in [0, 0.1) is 12.7 Å². The van der Waals surface area contributed by atoms with Gasteiger partial charge in [-0.25, -0.2) is 9.37 Å². The number of halogens is 2. The molecule has 0 saturated carbocycles. The number of hydrogen-bond acceptors (Lipinski definition) is 5. The van der Waals surface area contributed by atoms with E-state index in [1.165, 1.54) is 24.6 Å². The highest BCUT2D eigenvalue weighted by molar-refractivity contribution is 6.33. The minimum Gasteiger partial charge on any atom is -0.476 e. The zero-order chi connectivity index (χ0) is 19.2. The van der Waals surface area contributed by atoms with Crippen LogP contribution in [0.3, 0.4) is 0 Å². The summed E-state index contributed by atoms with van der Waals surface area (Å²) in [6, 6.07) is 5.94. The highest BCUT2D eigenvalue weighted by atomic mass is 35.5. The maximum Gasteiger partial charge on any atom is 0.255 e. The standard InChI is InChI=1S/C19H22ClFN4O2/c1-13-23-16(25-9-3-2-4-10-25)12-17(24-13)27-11-8-22-19(26)18-14(20)6-5-7-15(18)21/h5-7,12H,2-4,8-11H2,1H3,(H,22,26). The molecule has 27 heavy (non-hydrogen) atoms. The van der Waals surface area contributed by atoms with Crippen molar-refractivity contribution in [1.29, 1.82) is 0 Å². The molecule has 1 aliphatic rings. The highest BCUT2D eigenvalue weighted by Crippen LogP contribution is 2.21. The Morgan fingerprint density at radius 1 is 1.30 bits per heavy atom. The second-order valence-corrected chi connectivity index (χ2v) is 6.77. The minimum absolute atomic E-state index is 0.0750. The van der Waals surface area contributed by atoms with Crippen molar-refractivity contribution in [2.45, 2.75) is 26.2 Å². The summed E-state index contributed by atoms with van der Waals surface area (Å²) in [6.07, 6.45) is 3.56. The van der Waals surface area contributed by atoms with Crippen LogP contribution >= 0.6 is 11.6 Å². The van der Waals surface area contributed by atoms with Gasteiger partial charge in [0.2, 0.25) is 5.88 Å². The molecule has 3 rings (SSSR count). The first-order valence-electron chi connectivity index (χ1n) is 9.00. The molecule has 0 aliphatic carbocycles. The zero-order valence-electron chi connectivity index (χ0n) is 15.2. The van der Waals surface area contributed by atoms with Crippen LogP contribution < -0.4 is 15.0 Å². The second-order valence-electron chi connectivity index (χ2n) is 6.36. The summed E-state index contributed by atoms with van der Waals surface area (Å²) in [5.74, 6) is 0.726. The van der Waals surface area contributed by atoms with E-state index < -0.39 is 11.7 Å². The lowest BCUT2D eigenvalue weighted by Crippen LogP contribution is -2.31. The first-order valence-corrected chi connectivity index (χ1v) is 9.38. The number of amides is 1. The molecule has 0 radical (unpaired) electrons. The van der Waals surface area contributed by atoms with Crippen LogP contribution in [0.1, 0.15) is 35.4 Å². The Morgan fingerprint density at radius 2 is 2.07 bits per heavy atom. The lowest BCUT2D eigenvalue weighted by atomic mass is 10.1. The van der Waals surface area contributed by atoms with E-state index >= 15 is 0 Å². The summed E-state index contributed by atoms with van der Waals surface area (Å²) >= 11 is 5.89. The fourth-order valence-electron chi connectivity index (χ4n) is 3.01. The SMILES string of the molecule is Cc1nc(OCCNC(=O)c2c(F)cccc2Cl)cc(N2CCCCC2)n1. The maximum atomic E-state index is 13.7. The Balaban J connectivity index is 1.54. The fourth-order valence-corrected chi connectivity index (χ4v) is 3.26. The van der Waals surface area contributed by atoms with Crippen LogP contribution in [-0.4, -0.2) is 42.1 Å². The average Bonchev–Trinajstić information content (AvgIpc) is 2.65. The number of aryl methyl sites for hydroxylation is 1. The quantitative estimate of drug-likeness (QED) is 0.763. The van der Waals surface area contributed by atoms with E-state index in [1.807, 2.05) is 13.0 Å². The fraction of sp³-hybridized carbons (Fsp3) is 0.421. The maximum absolute atomic E-state index is 13.7. The molecule has 0 atom stereocenters. The van der Waals surface area contributed by atoms with Gasteiger partial charge in [0, 0.05) is 19.2 Å². The van der Waals surface area contributed by atoms with Gasteiger partial charge in [0.05, 0.1) is 17.1 Å². The van der Waals surface area contributed by atoms with E-state index in [0.29, 0.717) is 11.7 Å². The van der Waals surface area contributed by atoms with Gasteiger partial charge < -0.3 is 15.0 Å². The monoisotopic (exact) mass is 392 g/mol. The summed E-state index contributed by atoms with van der Waals surface area (Å²) in [7, 11) is 0. The second kappa shape index (κ2) is 8.99. The van der Waals surface area contributed by atoms with Crippen LogP contribution in [0.25, 0.3) is 0 Å². The number of benzene rings is 1. The van der Waals surface area contributed by atoms with Gasteiger partial charge in [-0.1, -0.05) is 17.7 Å². The highest BCUT2D eigenvalue weighted by Gasteiger charge is 2.16. The van der Waals surface area contributed by atoms with Gasteiger partial charge in [0.1, 0.15) is 24.1 Å². The Kier molecular flexibility index (Phi) is 6.45. The van der Waals surface area contributed by atoms with Gasteiger partial charge in [0.25, 0.3) is 5.91 Å². The van der Waals surface area contributed by atoms with Gasteiger partial charge in [-0.05, 0) is 38.3 Å². The Bertz CT molecular complexity index is 792. The summed E-state index contributed by atoms with van der Waals surface area (Å²) in [4.78, 5) is 23.1. The summed E-state index contributed by atoms with van der Waals surface area (Å²) in [5, 5.41) is 2.68. The van der Waals surface area contributed by atoms with Gasteiger partial charge in [-0.15, -0.1) is 0 Å². The number of piperidine rings is 1. The number of carbonyl (C=O) groups is 1. The molecule has 1 aromatic heterocycles. The molecule has 8 heteroatoms. The van der Waals surface area contributed by atoms with Crippen molar-refractivity contribution >= 4 is 23.3 Å². The lowest BCUT2D eigenvalue weighted by Gasteiger charge is -2.28. The molecule has 0 bridgehead atoms. The van der Waals surface area contributed by atoms with Gasteiger partial charge in [-0.2, -0.15) is 4.98 Å². The number of carbonyl (C=O) groups excluding carboxylic acids is 1. The topological polar surface area (TPSA) is 67.3 Å². The number of hydrogen-bond donors (Lipinski definition) is 1. The van der Waals surface area contributed by atoms with Gasteiger partial charge in [-0.3, -0.25) is 4.79 Å². The van der Waals surface area contributed by atoms with Crippen molar-refractivity contribution in [2.24, 2.45) is 0 Å². The van der Waals surface area contributed by atoms with Crippen LogP contribution in [0.4, 0.5) is 10.2 Å². The van der Waals surface area contributed by atoms with Crippen LogP contribution in [0.2, 0.25) is 5.02 Å². The zero-order valence-corrected chi connectivity index (χ0v) is 15.9. The van der Waals surface area contributed by atoms with Crippen LogP contribution in [0.15, 0.2) is 24.3 Å². The molecule has 1 aromatic carbocycles. The van der Waals surface area contributed by atoms with Crippen molar-refractivity contribution in [2.75, 3.05) is 31.1 Å². The van der Waals surface area contributed by atoms with E-state index in [4.69, 9.17) is 16.3 Å². The molecular formula is C19H22ClFN4O2. The molecule has 1 saturated heterocycles. The molecule has 1 aliphatic heterocycles. The van der Waals surface area contributed by atoms with Crippen molar-refractivity contribution in [3.05, 3.63) is 46.5 Å². The molecule has 0 spiro atoms. The number of nitrogens with zero attached hydrogens (tertiary/aromatic N) is 3. The van der Waals surface area contributed by atoms with Gasteiger partial charge in [0.15, 0.2) is 0 Å². The van der Waals surface area contributed by atoms with E-state index in [-0.39, 0.29) is 23.7 Å². The van der Waals surface area contributed by atoms with Crippen molar-refractivity contribution in [1.82, 2.24) is 15.3 Å². The Morgan fingerprint density at radius 3 is 2.81 bits per heavy atom. The van der Waals surface area contributed by atoms with E-state index in [1.54, 1.807) is 0 Å². The molecule has 1 amide bonds. The third-order valence-corrected chi connectivity index (χ3v) is 4.62. The van der Waals surface area contributed by atoms with E-state index in [9.17, 15) is 9.18 Å². The van der Waals surface area contributed by atoms with Crippen molar-refractivity contribution in [3.8, 4) is 5.88 Å². The number of ether oxygens (including phenoxy) is 1. The van der Waals surface area contributed by atoms with E-state index in [2.05, 4.69) is 20.2 Å². The Labute approximate surface area is 162 Å². The predicted molar refractivity (Wildman–Crippen MR) is 102 cm³/mol. The number of aromatic nitrogens is 2. The first kappa shape index (κ1) is 19.4. The molecule has 144 valence electrons. The summed E-state index contributed by atoms with van der Waals surface area (Å²) in [6.45, 7) is 4.19. The molecule has 2 aromatic rings. The number of rotatable bonds is 6. The van der Waals surface area contributed by atoms with Crippen molar-refractivity contribution in [3.63, 3.8) is 0 Å². The molecule has 1 fully saturated rings. The predicted octanol–water partition coefficient (Wildman–Crippen LogP) is 3.38. The number of nitrogens with one attached hydrogen (secondary N) is 1. The molecular weight excluding hydrogens is 371 g/mol. The van der Waals surface area contributed by atoms with Crippen LogP contribution in [-0.2, 0) is 0 Å². The van der Waals surface area contributed by atoms with Crippen molar-refractivity contribution < 1.29 is 13.9 Å². The third-order valence-electron chi connectivity index (χ3n) is 4.31. The summed E-state index contributed by atoms with van der Waals surface area (Å²) in [5.41, 5.74) is -0.163. The lowest BCUT2D eigenvalue weighted by molar-refractivity contribution is 0.0942. The smallest absolute Gasteiger partial charge is 0.255 e. The van der Waals surface area contributed by atoms with Gasteiger partial charge >= 0.3 is 0 Å². The molecule has 6 nitrogen and oxygen atoms in total. The number of anilines is 1. The summed E-state index contributed by atoms with van der Waals surface area (Å²) < 4.78 is 19.4. The average molecular weight is 393 g/mol. The minimum atomic E-state index is -0.654. The normalized spacial score (nSPS) is 14.1. The third kappa shape index (κ3) is 5.07. The van der Waals surface area contributed by atoms with E-state index in [0.717, 1.165) is 31.7 Å². The largest absolute Gasteiger partial charge is 0.476 e. The first-order chi connectivity index (χ1) is 13.0. The van der Waals surface area contributed by atoms with Crippen LogP contribution in [0.5, 0.6) is 5.88 Å². The molecule has 2 heterocycles. The molecule has 1 N–H and O–H groups in total. The Hall–Kier alpha value is -2.41.